The fraction of sp³-hybridized carbons (Fsp3) is 0.632. The van der Waals surface area contributed by atoms with E-state index >= 15 is 0 Å². The second kappa shape index (κ2) is 27.2. The van der Waals surface area contributed by atoms with Gasteiger partial charge in [0.05, 0.1) is 30.2 Å². The van der Waals surface area contributed by atoms with Crippen molar-refractivity contribution in [2.45, 2.75) is 114 Å². The van der Waals surface area contributed by atoms with Gasteiger partial charge in [0.1, 0.15) is 42.3 Å². The molecule has 2 aliphatic rings. The van der Waals surface area contributed by atoms with Crippen LogP contribution >= 0.6 is 32.9 Å². The van der Waals surface area contributed by atoms with E-state index in [0.717, 1.165) is 21.6 Å². The van der Waals surface area contributed by atoms with Gasteiger partial charge in [-0.15, -0.1) is 11.3 Å². The molecular formula is C38H60N14O11S3. The summed E-state index contributed by atoms with van der Waals surface area (Å²) in [6.45, 7) is 2.92. The minimum absolute atomic E-state index is 0.0260. The first-order chi connectivity index (χ1) is 31.2. The number of primary amides is 3. The predicted octanol–water partition coefficient (Wildman–Crippen LogP) is -5.56. The Bertz CT molecular complexity index is 1930. The smallest absolute Gasteiger partial charge is 0.246 e. The molecule has 3 rings (SSSR count). The minimum Gasteiger partial charge on any atom is -0.370 e. The van der Waals surface area contributed by atoms with Gasteiger partial charge < -0.3 is 70.8 Å². The summed E-state index contributed by atoms with van der Waals surface area (Å²) in [7, 11) is 2.05. The average molecular weight is 985 g/mol. The van der Waals surface area contributed by atoms with E-state index in [-0.39, 0.29) is 50.3 Å². The van der Waals surface area contributed by atoms with E-state index in [4.69, 9.17) is 28.7 Å². The zero-order valence-electron chi connectivity index (χ0n) is 36.5. The molecule has 2 fully saturated rings. The molecule has 2 aliphatic heterocycles. The molecule has 9 atom stereocenters. The second-order valence-corrected chi connectivity index (χ2v) is 18.9. The Morgan fingerprint density at radius 1 is 0.848 bits per heavy atom. The van der Waals surface area contributed by atoms with Gasteiger partial charge in [-0.3, -0.25) is 52.7 Å². The number of likely N-dealkylation sites (tertiary alicyclic amines) is 1. The Morgan fingerprint density at radius 2 is 1.50 bits per heavy atom. The first-order valence-corrected chi connectivity index (χ1v) is 24.5. The maximum atomic E-state index is 14.4. The number of nitrogens with zero attached hydrogens (tertiary/aromatic N) is 2. The van der Waals surface area contributed by atoms with Gasteiger partial charge in [0.25, 0.3) is 0 Å². The molecule has 1 aromatic heterocycles. The molecule has 17 N–H and O–H groups in total. The normalized spacial score (nSPS) is 24.8. The van der Waals surface area contributed by atoms with Crippen molar-refractivity contribution in [1.29, 1.82) is 0 Å². The molecule has 0 aliphatic carbocycles. The lowest BCUT2D eigenvalue weighted by molar-refractivity contribution is -0.142. The van der Waals surface area contributed by atoms with Gasteiger partial charge in [-0.2, -0.15) is 0 Å². The fourth-order valence-electron chi connectivity index (χ4n) is 6.76. The largest absolute Gasteiger partial charge is 0.370 e. The molecular weight excluding hydrogens is 925 g/mol. The number of rotatable bonds is 17. The lowest BCUT2D eigenvalue weighted by atomic mass is 9.96. The van der Waals surface area contributed by atoms with Crippen LogP contribution in [-0.4, -0.2) is 154 Å². The summed E-state index contributed by atoms with van der Waals surface area (Å²) in [4.78, 5) is 151. The molecule has 0 saturated carbocycles. The predicted molar refractivity (Wildman–Crippen MR) is 243 cm³/mol. The number of hydrogen-bond donors (Lipinski definition) is 12. The van der Waals surface area contributed by atoms with E-state index in [2.05, 4.69) is 42.2 Å². The molecule has 0 radical (unpaired) electrons. The van der Waals surface area contributed by atoms with Crippen molar-refractivity contribution in [3.05, 3.63) is 16.6 Å². The molecule has 0 bridgehead atoms. The minimum atomic E-state index is -1.75. The highest BCUT2D eigenvalue weighted by atomic mass is 33.1. The van der Waals surface area contributed by atoms with Crippen LogP contribution in [0.2, 0.25) is 0 Å². The molecule has 25 nitrogen and oxygen atoms in total. The van der Waals surface area contributed by atoms with Crippen LogP contribution in [0.15, 0.2) is 10.9 Å². The number of carbonyl (C=O) groups excluding carboxylic acids is 11. The number of carbonyl (C=O) groups is 11. The van der Waals surface area contributed by atoms with Crippen LogP contribution in [0.5, 0.6) is 0 Å². The van der Waals surface area contributed by atoms with Crippen LogP contribution < -0.4 is 65.9 Å². The van der Waals surface area contributed by atoms with Crippen LogP contribution in [0, 0.1) is 5.92 Å². The highest BCUT2D eigenvalue weighted by Gasteiger charge is 2.41. The maximum absolute atomic E-state index is 14.4. The van der Waals surface area contributed by atoms with Gasteiger partial charge >= 0.3 is 0 Å². The molecule has 66 heavy (non-hydrogen) atoms. The molecule has 11 amide bonds. The van der Waals surface area contributed by atoms with E-state index in [1.54, 1.807) is 19.2 Å². The number of nitrogens with two attached hydrogens (primary N) is 5. The van der Waals surface area contributed by atoms with Crippen molar-refractivity contribution in [1.82, 2.24) is 47.1 Å². The Kier molecular flexibility index (Phi) is 22.5. The summed E-state index contributed by atoms with van der Waals surface area (Å²) < 4.78 is 0. The van der Waals surface area contributed by atoms with Crippen LogP contribution in [0.4, 0.5) is 0 Å². The molecule has 1 aromatic rings. The summed E-state index contributed by atoms with van der Waals surface area (Å²) in [6, 6.07) is -10.9. The molecule has 2 saturated heterocycles. The van der Waals surface area contributed by atoms with Gasteiger partial charge in [-0.1, -0.05) is 41.9 Å². The Morgan fingerprint density at radius 3 is 2.12 bits per heavy atom. The summed E-state index contributed by atoms with van der Waals surface area (Å²) in [5.74, 6) is -10.3. The number of hydrogen-bond acceptors (Lipinski definition) is 17. The summed E-state index contributed by atoms with van der Waals surface area (Å²) in [5.41, 5.74) is 29.9. The zero-order valence-corrected chi connectivity index (χ0v) is 39.0. The third-order valence-corrected chi connectivity index (χ3v) is 13.6. The molecule has 28 heteroatoms. The SMILES string of the molecule is CC[C@H](C)[C@@H]1NC(=O)[C@H](Cc2cscn2)NC(=O)[C@@H](N)CSSC[C@@H](C(=O)N2CCC[C@H]2C(=O)N[C@@H](CCN)C(=O)NCC(N)=O)NC(=O)[C@H](CC(N)=O)NC(=O)[C@H](CCC(N)=O)NC1=O. The van der Waals surface area contributed by atoms with Crippen LogP contribution in [0.3, 0.4) is 0 Å². The standard InChI is InChI=1S/C38H60N14O11S3/c1-3-18(2)30-37(62)47-21(6-7-27(41)53)33(58)49-24(12-28(42)54)34(59)50-25(16-66-65-15-20(40)31(56)48-23(35(60)51-30)11-19-14-64-17-45-19)38(63)52-10-4-5-26(52)36(61)46-22(8-9-39)32(57)44-13-29(43)55/h14,17-18,20-26,30H,3-13,15-16,39-40H2,1-2H3,(H2,41,53)(H2,42,54)(H2,43,55)(H,44,57)(H,46,61)(H,47,62)(H,48,56)(H,49,58)(H,50,59)(H,51,60)/t18-,20-,21-,22-,23-,24-,25-,26-,30-/m0/s1. The van der Waals surface area contributed by atoms with Gasteiger partial charge in [-0.25, -0.2) is 4.98 Å². The van der Waals surface area contributed by atoms with Crippen LogP contribution in [0.1, 0.15) is 64.5 Å². The average Bonchev–Trinajstić information content (AvgIpc) is 3.98. The van der Waals surface area contributed by atoms with E-state index < -0.39 is 139 Å². The van der Waals surface area contributed by atoms with Gasteiger partial charge in [0, 0.05) is 36.3 Å². The van der Waals surface area contributed by atoms with Crippen molar-refractivity contribution in [2.24, 2.45) is 34.6 Å². The molecule has 0 aromatic carbocycles. The summed E-state index contributed by atoms with van der Waals surface area (Å²) in [5, 5.41) is 19.3. The van der Waals surface area contributed by atoms with Crippen molar-refractivity contribution in [3.8, 4) is 0 Å². The van der Waals surface area contributed by atoms with E-state index in [1.807, 2.05) is 0 Å². The number of thiazole rings is 1. The van der Waals surface area contributed by atoms with Gasteiger partial charge in [-0.05, 0) is 38.1 Å². The summed E-state index contributed by atoms with van der Waals surface area (Å²) in [6.07, 6.45) is -0.855. The van der Waals surface area contributed by atoms with Crippen molar-refractivity contribution in [3.63, 3.8) is 0 Å². The Balaban J connectivity index is 2.03. The number of nitrogens with one attached hydrogen (secondary N) is 7. The molecule has 3 heterocycles. The van der Waals surface area contributed by atoms with Gasteiger partial charge in [0.2, 0.25) is 65.0 Å². The van der Waals surface area contributed by atoms with Crippen LogP contribution in [0.25, 0.3) is 0 Å². The van der Waals surface area contributed by atoms with Crippen molar-refractivity contribution in [2.75, 3.05) is 31.1 Å². The van der Waals surface area contributed by atoms with Crippen molar-refractivity contribution < 1.29 is 52.7 Å². The topological polar surface area (TPSA) is 418 Å². The first kappa shape index (κ1) is 54.8. The van der Waals surface area contributed by atoms with Crippen molar-refractivity contribution >= 4 is 97.9 Å². The fourth-order valence-corrected chi connectivity index (χ4v) is 9.60. The third-order valence-electron chi connectivity index (χ3n) is 10.6. The Hall–Kier alpha value is -5.58. The van der Waals surface area contributed by atoms with E-state index in [1.165, 1.54) is 21.7 Å². The summed E-state index contributed by atoms with van der Waals surface area (Å²) >= 11 is 1.26. The molecule has 0 unspecified atom stereocenters. The number of aromatic nitrogens is 1. The maximum Gasteiger partial charge on any atom is 0.246 e. The van der Waals surface area contributed by atoms with E-state index in [0.29, 0.717) is 18.5 Å². The number of amides is 11. The lowest BCUT2D eigenvalue weighted by Crippen LogP contribution is -2.61. The quantitative estimate of drug-likeness (QED) is 0.0648. The van der Waals surface area contributed by atoms with Gasteiger partial charge in [0.15, 0.2) is 0 Å². The molecule has 0 spiro atoms. The first-order valence-electron chi connectivity index (χ1n) is 21.1. The highest BCUT2D eigenvalue weighted by Crippen LogP contribution is 2.26. The second-order valence-electron chi connectivity index (χ2n) is 15.7. The van der Waals surface area contributed by atoms with E-state index in [9.17, 15) is 52.7 Å². The Labute approximate surface area is 392 Å². The lowest BCUT2D eigenvalue weighted by Gasteiger charge is -2.31. The molecule has 366 valence electrons. The third kappa shape index (κ3) is 17.3. The highest BCUT2D eigenvalue weighted by molar-refractivity contribution is 8.76. The monoisotopic (exact) mass is 984 g/mol. The van der Waals surface area contributed by atoms with Crippen LogP contribution in [-0.2, 0) is 59.2 Å². The zero-order chi connectivity index (χ0) is 49.1.